The van der Waals surface area contributed by atoms with Gasteiger partial charge in [0, 0.05) is 56.5 Å². The third-order valence-corrected chi connectivity index (χ3v) is 4.57. The number of ketones is 1. The van der Waals surface area contributed by atoms with Crippen molar-refractivity contribution in [2.24, 2.45) is 0 Å². The highest BCUT2D eigenvalue weighted by Gasteiger charge is 2.14. The zero-order valence-corrected chi connectivity index (χ0v) is 15.5. The molecule has 0 N–H and O–H groups in total. The van der Waals surface area contributed by atoms with Gasteiger partial charge in [-0.1, -0.05) is 11.2 Å². The first-order chi connectivity index (χ1) is 13.8. The van der Waals surface area contributed by atoms with Gasteiger partial charge in [-0.15, -0.1) is 0 Å². The minimum Gasteiger partial charge on any atom is -0.378 e. The fourth-order valence-corrected chi connectivity index (χ4v) is 3.04. The summed E-state index contributed by atoms with van der Waals surface area (Å²) in [5.41, 5.74) is 1.74. The molecule has 3 aromatic rings. The maximum Gasteiger partial charge on any atom is 0.227 e. The van der Waals surface area contributed by atoms with Crippen molar-refractivity contribution >= 4 is 11.6 Å². The number of aryl methyl sites for hydroxylation is 1. The molecule has 4 heterocycles. The number of carbonyl (C=O) groups is 1. The van der Waals surface area contributed by atoms with Gasteiger partial charge >= 0.3 is 0 Å². The molecule has 8 heteroatoms. The molecular formula is C20H21N5O3. The van der Waals surface area contributed by atoms with Crippen LogP contribution in [0.1, 0.15) is 17.9 Å². The molecule has 4 rings (SSSR count). The van der Waals surface area contributed by atoms with Crippen LogP contribution in [-0.4, -0.2) is 52.2 Å². The van der Waals surface area contributed by atoms with Crippen molar-refractivity contribution in [1.29, 1.82) is 0 Å². The van der Waals surface area contributed by atoms with E-state index < -0.39 is 0 Å². The summed E-state index contributed by atoms with van der Waals surface area (Å²) in [4.78, 5) is 27.3. The van der Waals surface area contributed by atoms with Crippen molar-refractivity contribution in [1.82, 2.24) is 20.1 Å². The van der Waals surface area contributed by atoms with Crippen LogP contribution in [0, 0.1) is 0 Å². The van der Waals surface area contributed by atoms with E-state index in [-0.39, 0.29) is 5.78 Å². The van der Waals surface area contributed by atoms with Gasteiger partial charge in [-0.25, -0.2) is 4.98 Å². The summed E-state index contributed by atoms with van der Waals surface area (Å²) in [5, 5.41) is 3.95. The first-order valence-corrected chi connectivity index (χ1v) is 9.30. The minimum atomic E-state index is 0.115. The molecule has 0 unspecified atom stereocenters. The van der Waals surface area contributed by atoms with Gasteiger partial charge in [0.25, 0.3) is 0 Å². The molecule has 1 aliphatic rings. The van der Waals surface area contributed by atoms with Crippen LogP contribution in [0.5, 0.6) is 0 Å². The van der Waals surface area contributed by atoms with Crippen LogP contribution < -0.4 is 4.90 Å². The molecule has 1 aliphatic heterocycles. The number of hydrogen-bond acceptors (Lipinski definition) is 8. The summed E-state index contributed by atoms with van der Waals surface area (Å²) in [7, 11) is 0. The second kappa shape index (κ2) is 8.71. The molecule has 8 nitrogen and oxygen atoms in total. The fraction of sp³-hybridized carbons (Fsp3) is 0.350. The lowest BCUT2D eigenvalue weighted by atomic mass is 10.1. The van der Waals surface area contributed by atoms with Gasteiger partial charge in [0.15, 0.2) is 0 Å². The number of rotatable bonds is 7. The van der Waals surface area contributed by atoms with Crippen molar-refractivity contribution in [2.75, 3.05) is 31.2 Å². The number of aromatic nitrogens is 4. The Morgan fingerprint density at radius 1 is 1.11 bits per heavy atom. The maximum atomic E-state index is 12.3. The Morgan fingerprint density at radius 3 is 2.68 bits per heavy atom. The summed E-state index contributed by atoms with van der Waals surface area (Å²) in [6.45, 7) is 3.13. The Morgan fingerprint density at radius 2 is 1.93 bits per heavy atom. The third kappa shape index (κ3) is 4.58. The van der Waals surface area contributed by atoms with Crippen molar-refractivity contribution in [3.63, 3.8) is 0 Å². The second-order valence-corrected chi connectivity index (χ2v) is 6.59. The van der Waals surface area contributed by atoms with Crippen LogP contribution in [0.15, 0.2) is 47.4 Å². The van der Waals surface area contributed by atoms with Crippen LogP contribution in [0.4, 0.5) is 5.82 Å². The van der Waals surface area contributed by atoms with Crippen molar-refractivity contribution in [3.8, 4) is 11.4 Å². The zero-order chi connectivity index (χ0) is 19.2. The lowest BCUT2D eigenvalue weighted by molar-refractivity contribution is -0.118. The molecule has 0 spiro atoms. The van der Waals surface area contributed by atoms with Gasteiger partial charge in [0.1, 0.15) is 11.6 Å². The highest BCUT2D eigenvalue weighted by atomic mass is 16.5. The second-order valence-electron chi connectivity index (χ2n) is 6.59. The number of anilines is 1. The molecular weight excluding hydrogens is 358 g/mol. The highest BCUT2D eigenvalue weighted by molar-refractivity contribution is 5.81. The summed E-state index contributed by atoms with van der Waals surface area (Å²) in [6.07, 6.45) is 6.25. The smallest absolute Gasteiger partial charge is 0.227 e. The Labute approximate surface area is 162 Å². The van der Waals surface area contributed by atoms with Gasteiger partial charge < -0.3 is 14.2 Å². The van der Waals surface area contributed by atoms with E-state index >= 15 is 0 Å². The third-order valence-electron chi connectivity index (χ3n) is 4.57. The predicted molar refractivity (Wildman–Crippen MR) is 102 cm³/mol. The molecule has 0 atom stereocenters. The van der Waals surface area contributed by atoms with Crippen LogP contribution >= 0.6 is 0 Å². The Bertz CT molecular complexity index is 905. The van der Waals surface area contributed by atoms with Gasteiger partial charge in [0.05, 0.1) is 13.2 Å². The van der Waals surface area contributed by atoms with E-state index in [0.29, 0.717) is 31.0 Å². The lowest BCUT2D eigenvalue weighted by Gasteiger charge is -2.27. The van der Waals surface area contributed by atoms with Gasteiger partial charge in [-0.3, -0.25) is 9.78 Å². The number of pyridine rings is 2. The minimum absolute atomic E-state index is 0.115. The zero-order valence-electron chi connectivity index (χ0n) is 15.5. The van der Waals surface area contributed by atoms with Crippen molar-refractivity contribution in [2.45, 2.75) is 19.3 Å². The molecule has 144 valence electrons. The Hall–Kier alpha value is -3.13. The SMILES string of the molecule is O=C(CCc1nc(-c2ccncc2)no1)Cc1ccc(N2CCOCC2)nc1. The summed E-state index contributed by atoms with van der Waals surface area (Å²) < 4.78 is 10.6. The van der Waals surface area contributed by atoms with Crippen LogP contribution in [-0.2, 0) is 22.4 Å². The van der Waals surface area contributed by atoms with Crippen LogP contribution in [0.25, 0.3) is 11.4 Å². The van der Waals surface area contributed by atoms with Gasteiger partial charge in [-0.2, -0.15) is 4.98 Å². The van der Waals surface area contributed by atoms with E-state index in [1.54, 1.807) is 18.6 Å². The lowest BCUT2D eigenvalue weighted by Crippen LogP contribution is -2.36. The van der Waals surface area contributed by atoms with E-state index in [0.717, 1.165) is 43.2 Å². The van der Waals surface area contributed by atoms with E-state index in [9.17, 15) is 4.79 Å². The molecule has 0 saturated carbocycles. The first kappa shape index (κ1) is 18.2. The standard InChI is InChI=1S/C20H21N5O3/c26-17(2-4-19-23-20(24-28-19)16-5-7-21-8-6-16)13-15-1-3-18(22-14-15)25-9-11-27-12-10-25/h1,3,5-8,14H,2,4,9-13H2. The molecule has 0 aliphatic carbocycles. The molecule has 0 amide bonds. The summed E-state index contributed by atoms with van der Waals surface area (Å²) in [5.74, 6) is 2.01. The topological polar surface area (TPSA) is 94.2 Å². The largest absolute Gasteiger partial charge is 0.378 e. The quantitative estimate of drug-likeness (QED) is 0.616. The van der Waals surface area contributed by atoms with Crippen molar-refractivity contribution < 1.29 is 14.1 Å². The van der Waals surface area contributed by atoms with Crippen LogP contribution in [0.2, 0.25) is 0 Å². The molecule has 0 aromatic carbocycles. The van der Waals surface area contributed by atoms with Gasteiger partial charge in [0.2, 0.25) is 11.7 Å². The number of Topliss-reactive ketones (excluding diaryl/α,β-unsaturated/α-hetero) is 1. The average Bonchev–Trinajstić information content (AvgIpc) is 3.23. The highest BCUT2D eigenvalue weighted by Crippen LogP contribution is 2.16. The maximum absolute atomic E-state index is 12.3. The van der Waals surface area contributed by atoms with E-state index in [1.165, 1.54) is 0 Å². The summed E-state index contributed by atoms with van der Waals surface area (Å²) in [6, 6.07) is 7.55. The summed E-state index contributed by atoms with van der Waals surface area (Å²) >= 11 is 0. The van der Waals surface area contributed by atoms with Crippen molar-refractivity contribution in [3.05, 3.63) is 54.3 Å². The average molecular weight is 379 g/mol. The number of morpholine rings is 1. The van der Waals surface area contributed by atoms with Gasteiger partial charge in [-0.05, 0) is 23.8 Å². The number of nitrogens with zero attached hydrogens (tertiary/aromatic N) is 5. The molecule has 0 radical (unpaired) electrons. The van der Waals surface area contributed by atoms with E-state index in [1.807, 2.05) is 24.3 Å². The molecule has 1 fully saturated rings. The molecule has 3 aromatic heterocycles. The van der Waals surface area contributed by atoms with E-state index in [4.69, 9.17) is 9.26 Å². The fourth-order valence-electron chi connectivity index (χ4n) is 3.04. The van der Waals surface area contributed by atoms with E-state index in [2.05, 4.69) is 25.0 Å². The Kier molecular flexibility index (Phi) is 5.67. The predicted octanol–water partition coefficient (Wildman–Crippen LogP) is 2.11. The normalized spacial score (nSPS) is 14.2. The molecule has 28 heavy (non-hydrogen) atoms. The monoisotopic (exact) mass is 379 g/mol. The molecule has 0 bridgehead atoms. The van der Waals surface area contributed by atoms with Crippen LogP contribution in [0.3, 0.4) is 0 Å². The number of carbonyl (C=O) groups excluding carboxylic acids is 1. The number of hydrogen-bond donors (Lipinski definition) is 0. The Balaban J connectivity index is 1.28. The molecule has 1 saturated heterocycles. The first-order valence-electron chi connectivity index (χ1n) is 9.30. The number of ether oxygens (including phenoxy) is 1.